The van der Waals surface area contributed by atoms with Gasteiger partial charge in [-0.25, -0.2) is 4.79 Å². The van der Waals surface area contributed by atoms with E-state index in [0.29, 0.717) is 19.4 Å². The largest absolute Gasteiger partial charge is 0.481 e. The third kappa shape index (κ3) is 5.88. The lowest BCUT2D eigenvalue weighted by Crippen LogP contribution is -2.40. The lowest BCUT2D eigenvalue weighted by molar-refractivity contribution is -0.137. The van der Waals surface area contributed by atoms with Crippen molar-refractivity contribution in [3.05, 3.63) is 18.0 Å². The number of hydrogen-bond donors (Lipinski definition) is 4. The lowest BCUT2D eigenvalue weighted by atomic mass is 10.1. The summed E-state index contributed by atoms with van der Waals surface area (Å²) in [7, 11) is 0. The maximum atomic E-state index is 11.5. The zero-order valence-electron chi connectivity index (χ0n) is 10.3. The SMILES string of the molecule is CC(CCCC(=O)O)NC(=O)NCc1cn[nH]c1. The molecule has 1 aromatic rings. The van der Waals surface area contributed by atoms with E-state index in [4.69, 9.17) is 5.11 Å². The zero-order valence-corrected chi connectivity index (χ0v) is 10.3. The summed E-state index contributed by atoms with van der Waals surface area (Å²) in [5, 5.41) is 20.3. The second kappa shape index (κ2) is 7.31. The van der Waals surface area contributed by atoms with Gasteiger partial charge in [-0.05, 0) is 19.8 Å². The van der Waals surface area contributed by atoms with Crippen LogP contribution in [0.1, 0.15) is 31.7 Å². The van der Waals surface area contributed by atoms with E-state index in [9.17, 15) is 9.59 Å². The molecule has 1 rings (SSSR count). The number of H-pyrrole nitrogens is 1. The van der Waals surface area contributed by atoms with E-state index in [1.165, 1.54) is 0 Å². The number of carboxylic acids is 1. The summed E-state index contributed by atoms with van der Waals surface area (Å²) in [6.07, 6.45) is 4.67. The van der Waals surface area contributed by atoms with Gasteiger partial charge in [-0.2, -0.15) is 5.10 Å². The van der Waals surface area contributed by atoms with Crippen molar-refractivity contribution in [1.82, 2.24) is 20.8 Å². The quantitative estimate of drug-likeness (QED) is 0.578. The van der Waals surface area contributed by atoms with Crippen molar-refractivity contribution in [2.45, 2.75) is 38.8 Å². The van der Waals surface area contributed by atoms with E-state index >= 15 is 0 Å². The van der Waals surface area contributed by atoms with Gasteiger partial charge in [0, 0.05) is 30.8 Å². The molecule has 0 saturated heterocycles. The maximum absolute atomic E-state index is 11.5. The molecule has 1 heterocycles. The first-order chi connectivity index (χ1) is 8.58. The molecular weight excluding hydrogens is 236 g/mol. The van der Waals surface area contributed by atoms with Crippen molar-refractivity contribution in [3.8, 4) is 0 Å². The normalized spacial score (nSPS) is 11.8. The highest BCUT2D eigenvalue weighted by atomic mass is 16.4. The van der Waals surface area contributed by atoms with Crippen molar-refractivity contribution in [3.63, 3.8) is 0 Å². The third-order valence-electron chi connectivity index (χ3n) is 2.41. The molecule has 4 N–H and O–H groups in total. The van der Waals surface area contributed by atoms with Crippen LogP contribution in [0, 0.1) is 0 Å². The second-order valence-electron chi connectivity index (χ2n) is 4.12. The molecule has 0 radical (unpaired) electrons. The number of nitrogens with zero attached hydrogens (tertiary/aromatic N) is 1. The van der Waals surface area contributed by atoms with Crippen LogP contribution >= 0.6 is 0 Å². The Labute approximate surface area is 105 Å². The number of carboxylic acid groups (broad SMARTS) is 1. The fourth-order valence-corrected chi connectivity index (χ4v) is 1.46. The average molecular weight is 254 g/mol. The van der Waals surface area contributed by atoms with E-state index in [1.807, 2.05) is 6.92 Å². The van der Waals surface area contributed by atoms with Crippen molar-refractivity contribution in [2.75, 3.05) is 0 Å². The van der Waals surface area contributed by atoms with Gasteiger partial charge < -0.3 is 15.7 Å². The van der Waals surface area contributed by atoms with Crippen LogP contribution in [-0.4, -0.2) is 33.3 Å². The van der Waals surface area contributed by atoms with Crippen LogP contribution in [0.4, 0.5) is 4.79 Å². The average Bonchev–Trinajstić information content (AvgIpc) is 2.78. The fraction of sp³-hybridized carbons (Fsp3) is 0.545. The van der Waals surface area contributed by atoms with Gasteiger partial charge in [0.15, 0.2) is 0 Å². The first-order valence-electron chi connectivity index (χ1n) is 5.81. The van der Waals surface area contributed by atoms with E-state index in [2.05, 4.69) is 20.8 Å². The molecule has 0 aliphatic heterocycles. The monoisotopic (exact) mass is 254 g/mol. The molecule has 100 valence electrons. The smallest absolute Gasteiger partial charge is 0.315 e. The summed E-state index contributed by atoms with van der Waals surface area (Å²) in [5.74, 6) is -0.813. The number of aromatic nitrogens is 2. The number of aliphatic carboxylic acids is 1. The summed E-state index contributed by atoms with van der Waals surface area (Å²) in [6.45, 7) is 2.25. The molecule has 1 atom stereocenters. The van der Waals surface area contributed by atoms with E-state index in [1.54, 1.807) is 12.4 Å². The molecule has 1 unspecified atom stereocenters. The number of urea groups is 1. The summed E-state index contributed by atoms with van der Waals surface area (Å²) in [5.41, 5.74) is 0.892. The number of hydrogen-bond acceptors (Lipinski definition) is 3. The topological polar surface area (TPSA) is 107 Å². The minimum absolute atomic E-state index is 0.0475. The molecule has 7 nitrogen and oxygen atoms in total. The van der Waals surface area contributed by atoms with Gasteiger partial charge in [0.2, 0.25) is 0 Å². The summed E-state index contributed by atoms with van der Waals surface area (Å²) >= 11 is 0. The highest BCUT2D eigenvalue weighted by molar-refractivity contribution is 5.74. The van der Waals surface area contributed by atoms with E-state index < -0.39 is 5.97 Å². The Balaban J connectivity index is 2.13. The summed E-state index contributed by atoms with van der Waals surface area (Å²) in [6, 6.07) is -0.312. The zero-order chi connectivity index (χ0) is 13.4. The maximum Gasteiger partial charge on any atom is 0.315 e. The molecule has 7 heteroatoms. The molecule has 0 aliphatic carbocycles. The van der Waals surface area contributed by atoms with Gasteiger partial charge in [-0.15, -0.1) is 0 Å². The van der Waals surface area contributed by atoms with Gasteiger partial charge in [-0.1, -0.05) is 0 Å². The summed E-state index contributed by atoms with van der Waals surface area (Å²) in [4.78, 5) is 21.8. The molecule has 1 aromatic heterocycles. The Morgan fingerprint density at radius 1 is 1.56 bits per heavy atom. The molecule has 2 amide bonds. The van der Waals surface area contributed by atoms with Crippen molar-refractivity contribution >= 4 is 12.0 Å². The van der Waals surface area contributed by atoms with Gasteiger partial charge in [0.05, 0.1) is 6.20 Å². The Morgan fingerprint density at radius 3 is 2.94 bits per heavy atom. The summed E-state index contributed by atoms with van der Waals surface area (Å²) < 4.78 is 0. The number of carbonyl (C=O) groups is 2. The number of aromatic amines is 1. The van der Waals surface area contributed by atoms with Crippen LogP contribution in [0.15, 0.2) is 12.4 Å². The minimum Gasteiger partial charge on any atom is -0.481 e. The Bertz CT molecular complexity index is 378. The first-order valence-corrected chi connectivity index (χ1v) is 5.81. The molecule has 0 bridgehead atoms. The van der Waals surface area contributed by atoms with Crippen LogP contribution in [0.3, 0.4) is 0 Å². The van der Waals surface area contributed by atoms with E-state index in [-0.39, 0.29) is 18.5 Å². The number of carbonyl (C=O) groups excluding carboxylic acids is 1. The second-order valence-corrected chi connectivity index (χ2v) is 4.12. The molecule has 0 saturated carbocycles. The highest BCUT2D eigenvalue weighted by Crippen LogP contribution is 2.00. The standard InChI is InChI=1S/C11H18N4O3/c1-8(3-2-4-10(16)17)15-11(18)12-5-9-6-13-14-7-9/h6-8H,2-5H2,1H3,(H,13,14)(H,16,17)(H2,12,15,18). The fourth-order valence-electron chi connectivity index (χ4n) is 1.46. The van der Waals surface area contributed by atoms with Crippen molar-refractivity contribution in [2.24, 2.45) is 0 Å². The number of amides is 2. The minimum atomic E-state index is -0.813. The van der Waals surface area contributed by atoms with Gasteiger partial charge in [0.1, 0.15) is 0 Å². The van der Waals surface area contributed by atoms with Crippen molar-refractivity contribution < 1.29 is 14.7 Å². The Kier molecular flexibility index (Phi) is 5.69. The highest BCUT2D eigenvalue weighted by Gasteiger charge is 2.07. The van der Waals surface area contributed by atoms with Crippen LogP contribution in [0.2, 0.25) is 0 Å². The van der Waals surface area contributed by atoms with Gasteiger partial charge >= 0.3 is 12.0 Å². The van der Waals surface area contributed by atoms with Gasteiger partial charge in [0.25, 0.3) is 0 Å². The predicted octanol–water partition coefficient (Wildman–Crippen LogP) is 0.852. The number of nitrogens with one attached hydrogen (secondary N) is 3. The molecule has 0 aromatic carbocycles. The van der Waals surface area contributed by atoms with Crippen LogP contribution < -0.4 is 10.6 Å². The van der Waals surface area contributed by atoms with E-state index in [0.717, 1.165) is 5.56 Å². The number of rotatable bonds is 7. The van der Waals surface area contributed by atoms with Gasteiger partial charge in [-0.3, -0.25) is 9.89 Å². The Morgan fingerprint density at radius 2 is 2.33 bits per heavy atom. The third-order valence-corrected chi connectivity index (χ3v) is 2.41. The Hall–Kier alpha value is -2.05. The molecule has 0 fully saturated rings. The first kappa shape index (κ1) is 14.0. The molecule has 0 spiro atoms. The molecule has 0 aliphatic rings. The lowest BCUT2D eigenvalue weighted by Gasteiger charge is -2.13. The predicted molar refractivity (Wildman–Crippen MR) is 64.9 cm³/mol. The van der Waals surface area contributed by atoms with Crippen LogP contribution in [0.25, 0.3) is 0 Å². The van der Waals surface area contributed by atoms with Crippen LogP contribution in [-0.2, 0) is 11.3 Å². The molecule has 18 heavy (non-hydrogen) atoms. The molecular formula is C11H18N4O3. The van der Waals surface area contributed by atoms with Crippen molar-refractivity contribution in [1.29, 1.82) is 0 Å². The van der Waals surface area contributed by atoms with Crippen LogP contribution in [0.5, 0.6) is 0 Å².